The Bertz CT molecular complexity index is 429. The van der Waals surface area contributed by atoms with Gasteiger partial charge in [0.1, 0.15) is 0 Å². The minimum absolute atomic E-state index is 0.0865. The zero-order chi connectivity index (χ0) is 11.3. The Kier molecular flexibility index (Phi) is 4.38. The summed E-state index contributed by atoms with van der Waals surface area (Å²) in [6.45, 7) is 4.05. The van der Waals surface area contributed by atoms with E-state index in [0.29, 0.717) is 12.1 Å². The Morgan fingerprint density at radius 1 is 1.53 bits per heavy atom. The van der Waals surface area contributed by atoms with Crippen LogP contribution in [0.1, 0.15) is 22.8 Å². The lowest BCUT2D eigenvalue weighted by molar-refractivity contribution is 0.0958. The summed E-state index contributed by atoms with van der Waals surface area (Å²) in [5, 5.41) is 2.73. The van der Waals surface area contributed by atoms with Crippen LogP contribution in [0.2, 0.25) is 0 Å². The monoisotopic (exact) mass is 265 g/mol. The molecule has 0 radical (unpaired) electrons. The number of aryl methyl sites for hydroxylation is 1. The van der Waals surface area contributed by atoms with Crippen LogP contribution in [-0.4, -0.2) is 12.5 Å². The number of halogens is 1. The number of amides is 1. The molecule has 0 saturated carbocycles. The van der Waals surface area contributed by atoms with E-state index in [-0.39, 0.29) is 5.91 Å². The Hall–Kier alpha value is -1.27. The van der Waals surface area contributed by atoms with E-state index < -0.39 is 0 Å². The fraction of sp³-hybridized carbons (Fsp3) is 0.250. The first-order valence-electron chi connectivity index (χ1n) is 4.59. The quantitative estimate of drug-likeness (QED) is 0.819. The van der Waals surface area contributed by atoms with Crippen molar-refractivity contribution in [3.63, 3.8) is 0 Å². The van der Waals surface area contributed by atoms with Gasteiger partial charge in [-0.3, -0.25) is 4.79 Å². The van der Waals surface area contributed by atoms with Gasteiger partial charge in [0.05, 0.1) is 6.54 Å². The molecule has 0 aliphatic rings. The third-order valence-corrected chi connectivity index (χ3v) is 2.45. The van der Waals surface area contributed by atoms with Crippen molar-refractivity contribution in [2.24, 2.45) is 0 Å². The molecule has 1 amide bonds. The fourth-order valence-corrected chi connectivity index (χ4v) is 1.51. The van der Waals surface area contributed by atoms with Crippen LogP contribution in [0.5, 0.6) is 0 Å². The van der Waals surface area contributed by atoms with Gasteiger partial charge < -0.3 is 5.32 Å². The zero-order valence-corrected chi connectivity index (χ0v) is 10.3. The van der Waals surface area contributed by atoms with Gasteiger partial charge >= 0.3 is 0 Å². The number of rotatable bonds is 2. The highest BCUT2D eigenvalue weighted by atomic mass is 79.9. The molecule has 0 aliphatic heterocycles. The minimum Gasteiger partial charge on any atom is -0.341 e. The summed E-state index contributed by atoms with van der Waals surface area (Å²) in [7, 11) is 0. The second-order valence-corrected chi connectivity index (χ2v) is 3.98. The number of nitrogens with one attached hydrogen (secondary N) is 1. The lowest BCUT2D eigenvalue weighted by atomic mass is 10.1. The van der Waals surface area contributed by atoms with Crippen molar-refractivity contribution in [3.05, 3.63) is 33.8 Å². The molecule has 0 heterocycles. The predicted molar refractivity (Wildman–Crippen MR) is 64.7 cm³/mol. The predicted octanol–water partition coefficient (Wildman–Crippen LogP) is 2.51. The molecule has 0 atom stereocenters. The first-order chi connectivity index (χ1) is 7.15. The Morgan fingerprint density at radius 2 is 2.27 bits per heavy atom. The van der Waals surface area contributed by atoms with E-state index in [1.165, 1.54) is 0 Å². The molecule has 1 rings (SSSR count). The number of hydrogen-bond donors (Lipinski definition) is 1. The number of carbonyl (C=O) groups excluding carboxylic acids is 1. The highest BCUT2D eigenvalue weighted by Crippen LogP contribution is 2.15. The maximum absolute atomic E-state index is 11.7. The van der Waals surface area contributed by atoms with Crippen LogP contribution in [0.4, 0.5) is 0 Å². The Morgan fingerprint density at radius 3 is 2.93 bits per heavy atom. The maximum atomic E-state index is 11.7. The van der Waals surface area contributed by atoms with Gasteiger partial charge in [-0.1, -0.05) is 27.9 Å². The second-order valence-electron chi connectivity index (χ2n) is 3.07. The Labute approximate surface area is 98.2 Å². The van der Waals surface area contributed by atoms with E-state index in [1.54, 1.807) is 6.92 Å². The maximum Gasteiger partial charge on any atom is 0.252 e. The van der Waals surface area contributed by atoms with Gasteiger partial charge in [0.15, 0.2) is 0 Å². The van der Waals surface area contributed by atoms with Crippen molar-refractivity contribution >= 4 is 21.8 Å². The van der Waals surface area contributed by atoms with Crippen LogP contribution in [0.15, 0.2) is 22.7 Å². The third-order valence-electron chi connectivity index (χ3n) is 1.96. The average Bonchev–Trinajstić information content (AvgIpc) is 2.22. The number of carbonyl (C=O) groups is 1. The lowest BCUT2D eigenvalue weighted by Crippen LogP contribution is -2.24. The van der Waals surface area contributed by atoms with Gasteiger partial charge in [-0.15, -0.1) is 5.92 Å². The summed E-state index contributed by atoms with van der Waals surface area (Å²) in [5.74, 6) is 5.43. The van der Waals surface area contributed by atoms with Crippen LogP contribution < -0.4 is 5.32 Å². The first kappa shape index (κ1) is 11.8. The van der Waals surface area contributed by atoms with Gasteiger partial charge in [-0.05, 0) is 31.5 Å². The molecule has 2 nitrogen and oxygen atoms in total. The summed E-state index contributed by atoms with van der Waals surface area (Å²) < 4.78 is 0.903. The molecular formula is C12H12BrNO. The molecule has 0 spiro atoms. The van der Waals surface area contributed by atoms with Gasteiger partial charge in [0.2, 0.25) is 0 Å². The van der Waals surface area contributed by atoms with E-state index in [2.05, 4.69) is 33.1 Å². The zero-order valence-electron chi connectivity index (χ0n) is 8.73. The highest BCUT2D eigenvalue weighted by Gasteiger charge is 2.07. The lowest BCUT2D eigenvalue weighted by Gasteiger charge is -2.05. The van der Waals surface area contributed by atoms with Crippen LogP contribution in [-0.2, 0) is 0 Å². The van der Waals surface area contributed by atoms with Crippen LogP contribution >= 0.6 is 15.9 Å². The molecule has 0 unspecified atom stereocenters. The summed E-state index contributed by atoms with van der Waals surface area (Å²) in [6.07, 6.45) is 0. The van der Waals surface area contributed by atoms with Crippen molar-refractivity contribution in [1.82, 2.24) is 5.32 Å². The molecule has 1 N–H and O–H groups in total. The second kappa shape index (κ2) is 5.57. The molecule has 1 aromatic carbocycles. The summed E-state index contributed by atoms with van der Waals surface area (Å²) in [6, 6.07) is 5.63. The summed E-state index contributed by atoms with van der Waals surface area (Å²) in [5.41, 5.74) is 1.64. The van der Waals surface area contributed by atoms with Gasteiger partial charge in [0.25, 0.3) is 5.91 Å². The van der Waals surface area contributed by atoms with Gasteiger partial charge in [-0.2, -0.15) is 0 Å². The molecule has 0 fully saturated rings. The molecule has 78 valence electrons. The van der Waals surface area contributed by atoms with Gasteiger partial charge in [-0.25, -0.2) is 0 Å². The van der Waals surface area contributed by atoms with E-state index in [1.807, 2.05) is 25.1 Å². The molecule has 0 saturated heterocycles. The van der Waals surface area contributed by atoms with Gasteiger partial charge in [0, 0.05) is 10.0 Å². The smallest absolute Gasteiger partial charge is 0.252 e. The number of benzene rings is 1. The summed E-state index contributed by atoms with van der Waals surface area (Å²) in [4.78, 5) is 11.7. The minimum atomic E-state index is -0.0865. The largest absolute Gasteiger partial charge is 0.341 e. The molecule has 0 bridgehead atoms. The molecule has 0 aromatic heterocycles. The van der Waals surface area contributed by atoms with E-state index >= 15 is 0 Å². The fourth-order valence-electron chi connectivity index (χ4n) is 1.15. The van der Waals surface area contributed by atoms with E-state index in [0.717, 1.165) is 10.0 Å². The molecule has 3 heteroatoms. The third kappa shape index (κ3) is 3.41. The van der Waals surface area contributed by atoms with Crippen LogP contribution in [0.3, 0.4) is 0 Å². The standard InChI is InChI=1S/C12H12BrNO/c1-3-4-7-14-12(15)11-8-10(13)6-5-9(11)2/h5-6,8H,7H2,1-2H3,(H,14,15). The molecule has 1 aromatic rings. The van der Waals surface area contributed by atoms with Crippen LogP contribution in [0.25, 0.3) is 0 Å². The molecule has 0 aliphatic carbocycles. The highest BCUT2D eigenvalue weighted by molar-refractivity contribution is 9.10. The van der Waals surface area contributed by atoms with Crippen molar-refractivity contribution in [2.45, 2.75) is 13.8 Å². The normalized spacial score (nSPS) is 9.00. The van der Waals surface area contributed by atoms with E-state index in [4.69, 9.17) is 0 Å². The van der Waals surface area contributed by atoms with Crippen molar-refractivity contribution in [1.29, 1.82) is 0 Å². The average molecular weight is 266 g/mol. The summed E-state index contributed by atoms with van der Waals surface area (Å²) >= 11 is 3.34. The SMILES string of the molecule is CC#CCNC(=O)c1cc(Br)ccc1C. The molecular weight excluding hydrogens is 254 g/mol. The Balaban J connectivity index is 2.80. The topological polar surface area (TPSA) is 29.1 Å². The first-order valence-corrected chi connectivity index (χ1v) is 5.38. The van der Waals surface area contributed by atoms with E-state index in [9.17, 15) is 4.79 Å². The number of hydrogen-bond acceptors (Lipinski definition) is 1. The van der Waals surface area contributed by atoms with Crippen LogP contribution in [0, 0.1) is 18.8 Å². The molecule has 15 heavy (non-hydrogen) atoms. The van der Waals surface area contributed by atoms with Crippen molar-refractivity contribution < 1.29 is 4.79 Å². The van der Waals surface area contributed by atoms with Crippen molar-refractivity contribution in [3.8, 4) is 11.8 Å². The van der Waals surface area contributed by atoms with Crippen molar-refractivity contribution in [2.75, 3.05) is 6.54 Å².